The first-order valence-electron chi connectivity index (χ1n) is 10.6. The Morgan fingerprint density at radius 1 is 1.26 bits per heavy atom. The molecule has 1 amide bonds. The van der Waals surface area contributed by atoms with E-state index in [9.17, 15) is 14.7 Å². The predicted octanol–water partition coefficient (Wildman–Crippen LogP) is 3.48. The van der Waals surface area contributed by atoms with E-state index in [0.29, 0.717) is 6.04 Å². The molecule has 1 aromatic carbocycles. The fourth-order valence-corrected chi connectivity index (χ4v) is 5.16. The highest BCUT2D eigenvalue weighted by Crippen LogP contribution is 2.32. The van der Waals surface area contributed by atoms with Crippen molar-refractivity contribution in [3.63, 3.8) is 0 Å². The molecular weight excluding hydrogens is 414 g/mol. The lowest BCUT2D eigenvalue weighted by atomic mass is 9.95. The number of fused-ring (bicyclic) bond motifs is 1. The molecule has 1 aliphatic carbocycles. The number of hydrogen-bond donors (Lipinski definition) is 3. The van der Waals surface area contributed by atoms with Gasteiger partial charge in [-0.2, -0.15) is 0 Å². The van der Waals surface area contributed by atoms with Crippen molar-refractivity contribution in [2.45, 2.75) is 62.7 Å². The number of aryl methyl sites for hydroxylation is 1. The van der Waals surface area contributed by atoms with Gasteiger partial charge in [0.15, 0.2) is 5.16 Å². The Morgan fingerprint density at radius 2 is 2.03 bits per heavy atom. The van der Waals surface area contributed by atoms with E-state index in [0.717, 1.165) is 40.3 Å². The van der Waals surface area contributed by atoms with Crippen LogP contribution in [0.15, 0.2) is 35.6 Å². The van der Waals surface area contributed by atoms with Crippen LogP contribution < -0.4 is 5.32 Å². The van der Waals surface area contributed by atoms with Crippen molar-refractivity contribution in [3.05, 3.63) is 41.9 Å². The van der Waals surface area contributed by atoms with Crippen molar-refractivity contribution >= 4 is 34.5 Å². The molecule has 2 aromatic heterocycles. The lowest BCUT2D eigenvalue weighted by Crippen LogP contribution is -2.43. The number of H-pyrrole nitrogens is 1. The second-order valence-corrected chi connectivity index (χ2v) is 8.94. The molecule has 0 spiro atoms. The van der Waals surface area contributed by atoms with Gasteiger partial charge in [-0.15, -0.1) is 10.2 Å². The van der Waals surface area contributed by atoms with Crippen molar-refractivity contribution in [3.8, 4) is 0 Å². The van der Waals surface area contributed by atoms with Gasteiger partial charge in [0.25, 0.3) is 0 Å². The average Bonchev–Trinajstić information content (AvgIpc) is 3.35. The van der Waals surface area contributed by atoms with E-state index in [4.69, 9.17) is 0 Å². The Hall–Kier alpha value is -2.81. The number of carboxylic acid groups (broad SMARTS) is 1. The van der Waals surface area contributed by atoms with Crippen LogP contribution in [-0.4, -0.2) is 48.5 Å². The van der Waals surface area contributed by atoms with Gasteiger partial charge in [0.1, 0.15) is 11.9 Å². The Kier molecular flexibility index (Phi) is 6.60. The molecule has 1 fully saturated rings. The van der Waals surface area contributed by atoms with E-state index in [1.54, 1.807) is 6.20 Å². The number of aromatic amines is 1. The number of nitrogens with one attached hydrogen (secondary N) is 2. The standard InChI is InChI=1S/C22H27N5O3S/c1-14-25-26-22(27(14)16-7-3-2-4-8-16)31-13-20(28)24-19(21(29)30)11-15-12-23-18-10-6-5-9-17(15)18/h5-6,9-10,12,16,19,23H,2-4,7-8,11,13H2,1H3,(H,24,28)(H,29,30)/t19-/m0/s1. The molecule has 1 atom stereocenters. The van der Waals surface area contributed by atoms with Crippen LogP contribution in [0.5, 0.6) is 0 Å². The Morgan fingerprint density at radius 3 is 2.81 bits per heavy atom. The first-order chi connectivity index (χ1) is 15.0. The van der Waals surface area contributed by atoms with Gasteiger partial charge in [0.05, 0.1) is 5.75 Å². The molecule has 1 aliphatic rings. The van der Waals surface area contributed by atoms with Crippen LogP contribution >= 0.6 is 11.8 Å². The molecule has 0 radical (unpaired) electrons. The SMILES string of the molecule is Cc1nnc(SCC(=O)N[C@@H](Cc2c[nH]c3ccccc23)C(=O)O)n1C1CCCCC1. The van der Waals surface area contributed by atoms with E-state index in [1.807, 2.05) is 31.2 Å². The molecule has 1 saturated carbocycles. The summed E-state index contributed by atoms with van der Waals surface area (Å²) in [6.07, 6.45) is 7.87. The van der Waals surface area contributed by atoms with Crippen molar-refractivity contribution < 1.29 is 14.7 Å². The lowest BCUT2D eigenvalue weighted by Gasteiger charge is -2.25. The molecule has 8 nitrogen and oxygen atoms in total. The van der Waals surface area contributed by atoms with Gasteiger partial charge in [-0.05, 0) is 31.4 Å². The molecule has 9 heteroatoms. The average molecular weight is 442 g/mol. The summed E-state index contributed by atoms with van der Waals surface area (Å²) in [6.45, 7) is 1.94. The largest absolute Gasteiger partial charge is 0.480 e. The van der Waals surface area contributed by atoms with E-state index >= 15 is 0 Å². The van der Waals surface area contributed by atoms with Crippen LogP contribution in [0.3, 0.4) is 0 Å². The second kappa shape index (κ2) is 9.55. The molecule has 0 bridgehead atoms. The van der Waals surface area contributed by atoms with Gasteiger partial charge in [0.2, 0.25) is 5.91 Å². The molecular formula is C22H27N5O3S. The van der Waals surface area contributed by atoms with Crippen LogP contribution in [0, 0.1) is 6.92 Å². The maximum Gasteiger partial charge on any atom is 0.326 e. The van der Waals surface area contributed by atoms with Crippen molar-refractivity contribution in [2.24, 2.45) is 0 Å². The number of carboxylic acids is 1. The van der Waals surface area contributed by atoms with Gasteiger partial charge in [-0.3, -0.25) is 4.79 Å². The number of aliphatic carboxylic acids is 1. The van der Waals surface area contributed by atoms with Gasteiger partial charge in [0, 0.05) is 29.6 Å². The van der Waals surface area contributed by atoms with E-state index in [1.165, 1.54) is 31.0 Å². The topological polar surface area (TPSA) is 113 Å². The highest BCUT2D eigenvalue weighted by Gasteiger charge is 2.24. The first-order valence-corrected chi connectivity index (χ1v) is 11.6. The summed E-state index contributed by atoms with van der Waals surface area (Å²) in [5.41, 5.74) is 1.81. The van der Waals surface area contributed by atoms with Crippen LogP contribution in [0.25, 0.3) is 10.9 Å². The maximum absolute atomic E-state index is 12.6. The molecule has 31 heavy (non-hydrogen) atoms. The van der Waals surface area contributed by atoms with Crippen molar-refractivity contribution in [2.75, 3.05) is 5.75 Å². The summed E-state index contributed by atoms with van der Waals surface area (Å²) < 4.78 is 2.14. The molecule has 2 heterocycles. The number of nitrogens with zero attached hydrogens (tertiary/aromatic N) is 3. The summed E-state index contributed by atoms with van der Waals surface area (Å²) >= 11 is 1.31. The summed E-state index contributed by atoms with van der Waals surface area (Å²) in [5.74, 6) is -0.418. The summed E-state index contributed by atoms with van der Waals surface area (Å²) in [6, 6.07) is 7.10. The number of para-hydroxylation sites is 1. The van der Waals surface area contributed by atoms with Crippen LogP contribution in [0.1, 0.15) is 49.5 Å². The van der Waals surface area contributed by atoms with E-state index < -0.39 is 12.0 Å². The molecule has 0 aliphatic heterocycles. The predicted molar refractivity (Wildman–Crippen MR) is 119 cm³/mol. The summed E-state index contributed by atoms with van der Waals surface area (Å²) in [7, 11) is 0. The number of amides is 1. The zero-order valence-electron chi connectivity index (χ0n) is 17.5. The minimum atomic E-state index is -1.05. The Labute approximate surface area is 184 Å². The molecule has 4 rings (SSSR count). The Bertz CT molecular complexity index is 1070. The number of hydrogen-bond acceptors (Lipinski definition) is 5. The van der Waals surface area contributed by atoms with E-state index in [2.05, 4.69) is 25.1 Å². The third-order valence-corrected chi connectivity index (χ3v) is 6.78. The Balaban J connectivity index is 1.39. The monoisotopic (exact) mass is 441 g/mol. The summed E-state index contributed by atoms with van der Waals surface area (Å²) in [4.78, 5) is 27.5. The number of thioether (sulfide) groups is 1. The quantitative estimate of drug-likeness (QED) is 0.461. The second-order valence-electron chi connectivity index (χ2n) is 8.00. The van der Waals surface area contributed by atoms with Crippen LogP contribution in [-0.2, 0) is 16.0 Å². The number of carbonyl (C=O) groups excluding carboxylic acids is 1. The number of aromatic nitrogens is 4. The van der Waals surface area contributed by atoms with Gasteiger partial charge < -0.3 is 20.0 Å². The third-order valence-electron chi connectivity index (χ3n) is 5.84. The highest BCUT2D eigenvalue weighted by molar-refractivity contribution is 7.99. The normalized spacial score (nSPS) is 15.8. The zero-order valence-corrected chi connectivity index (χ0v) is 18.3. The molecule has 164 valence electrons. The minimum Gasteiger partial charge on any atom is -0.480 e. The molecule has 0 unspecified atom stereocenters. The minimum absolute atomic E-state index is 0.0997. The van der Waals surface area contributed by atoms with Gasteiger partial charge in [-0.1, -0.05) is 49.2 Å². The number of benzene rings is 1. The number of carbonyl (C=O) groups is 2. The molecule has 3 aromatic rings. The summed E-state index contributed by atoms with van der Waals surface area (Å²) in [5, 5.41) is 22.4. The zero-order chi connectivity index (χ0) is 21.8. The van der Waals surface area contributed by atoms with Crippen LogP contribution in [0.2, 0.25) is 0 Å². The van der Waals surface area contributed by atoms with Crippen molar-refractivity contribution in [1.82, 2.24) is 25.1 Å². The van der Waals surface area contributed by atoms with Gasteiger partial charge >= 0.3 is 5.97 Å². The highest BCUT2D eigenvalue weighted by atomic mass is 32.2. The lowest BCUT2D eigenvalue weighted by molar-refractivity contribution is -0.141. The van der Waals surface area contributed by atoms with E-state index in [-0.39, 0.29) is 18.1 Å². The maximum atomic E-state index is 12.6. The third kappa shape index (κ3) is 4.92. The fraction of sp³-hybridized carbons (Fsp3) is 0.455. The molecule has 3 N–H and O–H groups in total. The number of rotatable bonds is 8. The van der Waals surface area contributed by atoms with Crippen LogP contribution in [0.4, 0.5) is 0 Å². The van der Waals surface area contributed by atoms with Gasteiger partial charge in [-0.25, -0.2) is 4.79 Å². The van der Waals surface area contributed by atoms with Crippen molar-refractivity contribution in [1.29, 1.82) is 0 Å². The molecule has 0 saturated heterocycles. The fourth-order valence-electron chi connectivity index (χ4n) is 4.29. The first kappa shape index (κ1) is 21.4. The smallest absolute Gasteiger partial charge is 0.326 e.